The van der Waals surface area contributed by atoms with Gasteiger partial charge >= 0.3 is 0 Å². The van der Waals surface area contributed by atoms with Crippen LogP contribution in [-0.2, 0) is 0 Å². The minimum Gasteiger partial charge on any atom is -0.494 e. The summed E-state index contributed by atoms with van der Waals surface area (Å²) in [6, 6.07) is 10.2. The number of ether oxygens (including phenoxy) is 1. The number of fused-ring (bicyclic) bond motifs is 1. The van der Waals surface area contributed by atoms with Gasteiger partial charge in [-0.1, -0.05) is 17.4 Å². The predicted molar refractivity (Wildman–Crippen MR) is 87.1 cm³/mol. The van der Waals surface area contributed by atoms with E-state index in [1.54, 1.807) is 17.5 Å². The minimum absolute atomic E-state index is 0.172. The van der Waals surface area contributed by atoms with Crippen molar-refractivity contribution in [2.24, 2.45) is 0 Å². The lowest BCUT2D eigenvalue weighted by atomic mass is 10.1. The van der Waals surface area contributed by atoms with Gasteiger partial charge in [-0.15, -0.1) is 0 Å². The Labute approximate surface area is 127 Å². The zero-order valence-electron chi connectivity index (χ0n) is 12.0. The van der Waals surface area contributed by atoms with E-state index >= 15 is 0 Å². The van der Waals surface area contributed by atoms with Crippen LogP contribution in [0.15, 0.2) is 42.7 Å². The van der Waals surface area contributed by atoms with Crippen molar-refractivity contribution in [1.82, 2.24) is 9.97 Å². The predicted octanol–water partition coefficient (Wildman–Crippen LogP) is 4.26. The molecule has 3 aromatic rings. The molecule has 0 aliphatic carbocycles. The number of nitrogens with zero attached hydrogens (tertiary/aromatic N) is 2. The summed E-state index contributed by atoms with van der Waals surface area (Å²) in [4.78, 5) is 8.76. The first-order valence-corrected chi connectivity index (χ1v) is 7.78. The molecule has 0 aliphatic rings. The number of benzene rings is 1. The fourth-order valence-corrected chi connectivity index (χ4v) is 3.11. The zero-order chi connectivity index (χ0) is 14.7. The summed E-state index contributed by atoms with van der Waals surface area (Å²) in [5.41, 5.74) is 2.14. The highest BCUT2D eigenvalue weighted by Gasteiger charge is 2.09. The van der Waals surface area contributed by atoms with Crippen molar-refractivity contribution in [3.8, 4) is 5.75 Å². The number of thiazole rings is 1. The third-order valence-electron chi connectivity index (χ3n) is 3.20. The molecular weight excluding hydrogens is 282 g/mol. The lowest BCUT2D eigenvalue weighted by Gasteiger charge is -2.12. The highest BCUT2D eigenvalue weighted by atomic mass is 32.1. The van der Waals surface area contributed by atoms with Crippen molar-refractivity contribution in [2.45, 2.75) is 19.9 Å². The molecule has 4 nitrogen and oxygen atoms in total. The number of pyridine rings is 1. The van der Waals surface area contributed by atoms with Crippen molar-refractivity contribution in [2.75, 3.05) is 11.9 Å². The maximum Gasteiger partial charge on any atom is 0.184 e. The third kappa shape index (κ3) is 3.13. The standard InChI is InChI=1S/C16H17N3OS/c1-3-20-13-6-7-14-15(9-13)21-16(19-14)18-11(2)12-5-4-8-17-10-12/h4-11H,3H2,1-2H3,(H,18,19). The molecule has 0 fully saturated rings. The largest absolute Gasteiger partial charge is 0.494 e. The Balaban J connectivity index is 1.81. The van der Waals surface area contributed by atoms with Crippen LogP contribution in [0.5, 0.6) is 5.75 Å². The first-order chi connectivity index (χ1) is 10.3. The van der Waals surface area contributed by atoms with Gasteiger partial charge in [0.2, 0.25) is 0 Å². The lowest BCUT2D eigenvalue weighted by molar-refractivity contribution is 0.341. The molecule has 0 saturated heterocycles. The van der Waals surface area contributed by atoms with Gasteiger partial charge in [-0.2, -0.15) is 0 Å². The fourth-order valence-electron chi connectivity index (χ4n) is 2.12. The van der Waals surface area contributed by atoms with E-state index < -0.39 is 0 Å². The Morgan fingerprint density at radius 2 is 2.24 bits per heavy atom. The Morgan fingerprint density at radius 3 is 3.00 bits per heavy atom. The van der Waals surface area contributed by atoms with Crippen LogP contribution in [0.1, 0.15) is 25.5 Å². The Bertz CT molecular complexity index is 727. The van der Waals surface area contributed by atoms with Gasteiger partial charge in [0.25, 0.3) is 0 Å². The Morgan fingerprint density at radius 1 is 1.33 bits per heavy atom. The average Bonchev–Trinajstić information content (AvgIpc) is 2.90. The van der Waals surface area contributed by atoms with E-state index in [-0.39, 0.29) is 6.04 Å². The maximum absolute atomic E-state index is 5.52. The molecule has 1 unspecified atom stereocenters. The van der Waals surface area contributed by atoms with Gasteiger partial charge in [0.15, 0.2) is 5.13 Å². The zero-order valence-corrected chi connectivity index (χ0v) is 12.9. The second-order valence-electron chi connectivity index (χ2n) is 4.73. The SMILES string of the molecule is CCOc1ccc2nc(NC(C)c3cccnc3)sc2c1. The van der Waals surface area contributed by atoms with E-state index in [2.05, 4.69) is 28.3 Å². The van der Waals surface area contributed by atoms with Crippen molar-refractivity contribution in [3.05, 3.63) is 48.3 Å². The minimum atomic E-state index is 0.172. The molecule has 3 rings (SSSR count). The van der Waals surface area contributed by atoms with Crippen LogP contribution >= 0.6 is 11.3 Å². The molecule has 0 spiro atoms. The second-order valence-corrected chi connectivity index (χ2v) is 5.76. The molecule has 2 aromatic heterocycles. The molecule has 1 atom stereocenters. The van der Waals surface area contributed by atoms with E-state index in [1.807, 2.05) is 37.4 Å². The third-order valence-corrected chi connectivity index (χ3v) is 4.14. The summed E-state index contributed by atoms with van der Waals surface area (Å²) in [7, 11) is 0. The van der Waals surface area contributed by atoms with E-state index in [9.17, 15) is 0 Å². The Kier molecular flexibility index (Phi) is 4.01. The van der Waals surface area contributed by atoms with Crippen LogP contribution in [0.25, 0.3) is 10.2 Å². The van der Waals surface area contributed by atoms with Gasteiger partial charge in [-0.05, 0) is 43.7 Å². The number of hydrogen-bond donors (Lipinski definition) is 1. The molecule has 21 heavy (non-hydrogen) atoms. The molecule has 0 bridgehead atoms. The van der Waals surface area contributed by atoms with Crippen LogP contribution in [0.4, 0.5) is 5.13 Å². The topological polar surface area (TPSA) is 47.0 Å². The lowest BCUT2D eigenvalue weighted by Crippen LogP contribution is -2.06. The van der Waals surface area contributed by atoms with Gasteiger partial charge in [0, 0.05) is 12.4 Å². The molecule has 0 saturated carbocycles. The summed E-state index contributed by atoms with van der Waals surface area (Å²) in [6.07, 6.45) is 3.65. The van der Waals surface area contributed by atoms with Gasteiger partial charge in [0.05, 0.1) is 22.9 Å². The second kappa shape index (κ2) is 6.10. The summed E-state index contributed by atoms with van der Waals surface area (Å²) in [5, 5.41) is 4.34. The highest BCUT2D eigenvalue weighted by Crippen LogP contribution is 2.31. The van der Waals surface area contributed by atoms with Crippen molar-refractivity contribution >= 4 is 26.7 Å². The number of anilines is 1. The van der Waals surface area contributed by atoms with Crippen molar-refractivity contribution in [3.63, 3.8) is 0 Å². The molecule has 0 radical (unpaired) electrons. The monoisotopic (exact) mass is 299 g/mol. The van der Waals surface area contributed by atoms with E-state index in [4.69, 9.17) is 4.74 Å². The highest BCUT2D eigenvalue weighted by molar-refractivity contribution is 7.22. The smallest absolute Gasteiger partial charge is 0.184 e. The van der Waals surface area contributed by atoms with Gasteiger partial charge in [-0.25, -0.2) is 4.98 Å². The molecule has 2 heterocycles. The van der Waals surface area contributed by atoms with Crippen LogP contribution in [-0.4, -0.2) is 16.6 Å². The number of hydrogen-bond acceptors (Lipinski definition) is 5. The van der Waals surface area contributed by atoms with Gasteiger partial charge in [-0.3, -0.25) is 4.98 Å². The normalized spacial score (nSPS) is 12.3. The first kappa shape index (κ1) is 13.8. The molecule has 0 aliphatic heterocycles. The maximum atomic E-state index is 5.52. The summed E-state index contributed by atoms with van der Waals surface area (Å²) in [6.45, 7) is 4.77. The summed E-state index contributed by atoms with van der Waals surface area (Å²) >= 11 is 1.64. The fraction of sp³-hybridized carbons (Fsp3) is 0.250. The number of rotatable bonds is 5. The molecule has 0 amide bonds. The number of nitrogens with one attached hydrogen (secondary N) is 1. The first-order valence-electron chi connectivity index (χ1n) is 6.96. The van der Waals surface area contributed by atoms with Crippen LogP contribution in [0.3, 0.4) is 0 Å². The molecular formula is C16H17N3OS. The van der Waals surface area contributed by atoms with E-state index in [1.165, 1.54) is 0 Å². The van der Waals surface area contributed by atoms with Crippen molar-refractivity contribution < 1.29 is 4.74 Å². The van der Waals surface area contributed by atoms with Crippen LogP contribution < -0.4 is 10.1 Å². The average molecular weight is 299 g/mol. The summed E-state index contributed by atoms with van der Waals surface area (Å²) < 4.78 is 6.65. The van der Waals surface area contributed by atoms with E-state index in [0.29, 0.717) is 6.61 Å². The van der Waals surface area contributed by atoms with Crippen molar-refractivity contribution in [1.29, 1.82) is 0 Å². The Hall–Kier alpha value is -2.14. The van der Waals surface area contributed by atoms with E-state index in [0.717, 1.165) is 26.7 Å². The molecule has 1 N–H and O–H groups in total. The summed E-state index contributed by atoms with van der Waals surface area (Å²) in [5.74, 6) is 0.889. The molecule has 5 heteroatoms. The van der Waals surface area contributed by atoms with Crippen LogP contribution in [0.2, 0.25) is 0 Å². The molecule has 108 valence electrons. The molecule has 1 aromatic carbocycles. The quantitative estimate of drug-likeness (QED) is 0.764. The number of aromatic nitrogens is 2. The van der Waals surface area contributed by atoms with Gasteiger partial charge < -0.3 is 10.1 Å². The van der Waals surface area contributed by atoms with Crippen LogP contribution in [0, 0.1) is 0 Å². The van der Waals surface area contributed by atoms with Gasteiger partial charge in [0.1, 0.15) is 5.75 Å².